The van der Waals surface area contributed by atoms with Gasteiger partial charge in [0.15, 0.2) is 0 Å². The van der Waals surface area contributed by atoms with Crippen LogP contribution in [0.15, 0.2) is 0 Å². The molecule has 1 heterocycles. The fourth-order valence-electron chi connectivity index (χ4n) is 2.14. The van der Waals surface area contributed by atoms with Crippen molar-refractivity contribution in [2.24, 2.45) is 5.92 Å². The van der Waals surface area contributed by atoms with Crippen molar-refractivity contribution < 1.29 is 23.1 Å². The zero-order valence-corrected chi connectivity index (χ0v) is 11.4. The van der Waals surface area contributed by atoms with Crippen LogP contribution in [0.1, 0.15) is 20.8 Å². The van der Waals surface area contributed by atoms with Gasteiger partial charge in [0.05, 0.1) is 6.61 Å². The van der Waals surface area contributed by atoms with Gasteiger partial charge in [-0.25, -0.2) is 8.78 Å². The SMILES string of the molecule is CC1NC(=O)C(C(C)C)N(CCOCC(F)F)C1=O. The average Bonchev–Trinajstić information content (AvgIpc) is 2.29. The lowest BCUT2D eigenvalue weighted by molar-refractivity contribution is -0.151. The lowest BCUT2D eigenvalue weighted by Gasteiger charge is -2.39. The minimum atomic E-state index is -2.53. The molecule has 19 heavy (non-hydrogen) atoms. The molecule has 110 valence electrons. The molecule has 2 amide bonds. The molecule has 1 aliphatic heterocycles. The van der Waals surface area contributed by atoms with Gasteiger partial charge in [-0.1, -0.05) is 13.8 Å². The minimum Gasteiger partial charge on any atom is -0.374 e. The van der Waals surface area contributed by atoms with E-state index in [4.69, 9.17) is 4.74 Å². The van der Waals surface area contributed by atoms with Crippen LogP contribution in [-0.4, -0.2) is 55.0 Å². The number of carbonyl (C=O) groups excluding carboxylic acids is 2. The van der Waals surface area contributed by atoms with Crippen molar-refractivity contribution in [2.45, 2.75) is 39.3 Å². The summed E-state index contributed by atoms with van der Waals surface area (Å²) < 4.78 is 28.6. The van der Waals surface area contributed by atoms with Crippen molar-refractivity contribution in [3.63, 3.8) is 0 Å². The van der Waals surface area contributed by atoms with Crippen molar-refractivity contribution in [3.8, 4) is 0 Å². The average molecular weight is 278 g/mol. The molecule has 1 N–H and O–H groups in total. The normalized spacial score (nSPS) is 24.3. The van der Waals surface area contributed by atoms with Gasteiger partial charge in [-0.2, -0.15) is 0 Å². The molecule has 1 aliphatic rings. The first-order valence-corrected chi connectivity index (χ1v) is 6.31. The summed E-state index contributed by atoms with van der Waals surface area (Å²) in [6.45, 7) is 4.76. The molecule has 7 heteroatoms. The van der Waals surface area contributed by atoms with Crippen LogP contribution < -0.4 is 5.32 Å². The lowest BCUT2D eigenvalue weighted by atomic mass is 9.97. The van der Waals surface area contributed by atoms with Crippen LogP contribution >= 0.6 is 0 Å². The smallest absolute Gasteiger partial charge is 0.261 e. The first-order valence-electron chi connectivity index (χ1n) is 6.31. The Balaban J connectivity index is 2.62. The van der Waals surface area contributed by atoms with Crippen LogP contribution in [-0.2, 0) is 14.3 Å². The molecule has 0 bridgehead atoms. The molecule has 1 saturated heterocycles. The Kier molecular flexibility index (Phi) is 5.65. The Labute approximate surface area is 111 Å². The summed E-state index contributed by atoms with van der Waals surface area (Å²) in [5, 5.41) is 2.61. The van der Waals surface area contributed by atoms with Crippen molar-refractivity contribution >= 4 is 11.8 Å². The van der Waals surface area contributed by atoms with E-state index in [2.05, 4.69) is 5.32 Å². The molecule has 2 unspecified atom stereocenters. The van der Waals surface area contributed by atoms with E-state index in [1.54, 1.807) is 6.92 Å². The van der Waals surface area contributed by atoms with Crippen LogP contribution in [0.25, 0.3) is 0 Å². The first-order chi connectivity index (χ1) is 8.84. The molecule has 1 fully saturated rings. The summed E-state index contributed by atoms with van der Waals surface area (Å²) in [4.78, 5) is 25.3. The molecule has 0 radical (unpaired) electrons. The van der Waals surface area contributed by atoms with Crippen LogP contribution in [0.5, 0.6) is 0 Å². The monoisotopic (exact) mass is 278 g/mol. The third kappa shape index (κ3) is 4.12. The predicted molar refractivity (Wildman–Crippen MR) is 64.8 cm³/mol. The molecular weight excluding hydrogens is 258 g/mol. The number of halogens is 2. The summed E-state index contributed by atoms with van der Waals surface area (Å²) in [5.74, 6) is -0.471. The molecular formula is C12H20F2N2O3. The maximum Gasteiger partial charge on any atom is 0.261 e. The number of piperazine rings is 1. The summed E-state index contributed by atoms with van der Waals surface area (Å²) in [7, 11) is 0. The van der Waals surface area contributed by atoms with Crippen molar-refractivity contribution in [2.75, 3.05) is 19.8 Å². The van der Waals surface area contributed by atoms with Crippen LogP contribution in [0.4, 0.5) is 8.78 Å². The molecule has 0 spiro atoms. The number of carbonyl (C=O) groups is 2. The lowest BCUT2D eigenvalue weighted by Crippen LogP contribution is -2.64. The summed E-state index contributed by atoms with van der Waals surface area (Å²) in [6, 6.07) is -1.16. The predicted octanol–water partition coefficient (Wildman–Crippen LogP) is 0.640. The Bertz CT molecular complexity index is 337. The molecule has 0 saturated carbocycles. The third-order valence-corrected chi connectivity index (χ3v) is 2.97. The van der Waals surface area contributed by atoms with Gasteiger partial charge in [-0.05, 0) is 12.8 Å². The minimum absolute atomic E-state index is 0.000694. The number of nitrogens with one attached hydrogen (secondary N) is 1. The van der Waals surface area contributed by atoms with E-state index in [1.165, 1.54) is 4.90 Å². The van der Waals surface area contributed by atoms with E-state index in [-0.39, 0.29) is 30.9 Å². The van der Waals surface area contributed by atoms with Crippen molar-refractivity contribution in [1.29, 1.82) is 0 Å². The second-order valence-corrected chi connectivity index (χ2v) is 4.92. The van der Waals surface area contributed by atoms with E-state index in [1.807, 2.05) is 13.8 Å². The Morgan fingerprint density at radius 2 is 2.00 bits per heavy atom. The van der Waals surface area contributed by atoms with Gasteiger partial charge in [0, 0.05) is 6.54 Å². The number of amides is 2. The second kappa shape index (κ2) is 6.79. The summed E-state index contributed by atoms with van der Waals surface area (Å²) in [5.41, 5.74) is 0. The number of alkyl halides is 2. The first kappa shape index (κ1) is 15.8. The topological polar surface area (TPSA) is 58.6 Å². The zero-order chi connectivity index (χ0) is 14.6. The molecule has 0 aliphatic carbocycles. The van der Waals surface area contributed by atoms with Gasteiger partial charge in [0.25, 0.3) is 6.43 Å². The van der Waals surface area contributed by atoms with Crippen molar-refractivity contribution in [3.05, 3.63) is 0 Å². The van der Waals surface area contributed by atoms with Gasteiger partial charge in [0.1, 0.15) is 18.7 Å². The van der Waals surface area contributed by atoms with Gasteiger partial charge in [0.2, 0.25) is 11.8 Å². The zero-order valence-electron chi connectivity index (χ0n) is 11.4. The summed E-state index contributed by atoms with van der Waals surface area (Å²) in [6.07, 6.45) is -2.53. The Hall–Kier alpha value is -1.24. The number of rotatable bonds is 6. The maximum absolute atomic E-state index is 12.0. The van der Waals surface area contributed by atoms with E-state index < -0.39 is 25.1 Å². The fourth-order valence-corrected chi connectivity index (χ4v) is 2.14. The molecule has 0 aromatic rings. The van der Waals surface area contributed by atoms with E-state index in [9.17, 15) is 18.4 Å². The highest BCUT2D eigenvalue weighted by Crippen LogP contribution is 2.17. The van der Waals surface area contributed by atoms with E-state index in [0.717, 1.165) is 0 Å². The molecule has 0 aromatic carbocycles. The molecule has 2 atom stereocenters. The van der Waals surface area contributed by atoms with E-state index >= 15 is 0 Å². The number of nitrogens with zero attached hydrogens (tertiary/aromatic N) is 1. The molecule has 5 nitrogen and oxygen atoms in total. The fraction of sp³-hybridized carbons (Fsp3) is 0.833. The van der Waals surface area contributed by atoms with Crippen LogP contribution in [0.3, 0.4) is 0 Å². The van der Waals surface area contributed by atoms with Gasteiger partial charge >= 0.3 is 0 Å². The highest BCUT2D eigenvalue weighted by Gasteiger charge is 2.39. The standard InChI is InChI=1S/C12H20F2N2O3/c1-7(2)10-11(17)15-8(3)12(18)16(10)4-5-19-6-9(13)14/h7-10H,4-6H2,1-3H3,(H,15,17). The van der Waals surface area contributed by atoms with Gasteiger partial charge in [-0.15, -0.1) is 0 Å². The second-order valence-electron chi connectivity index (χ2n) is 4.92. The molecule has 0 aromatic heterocycles. The number of hydrogen-bond acceptors (Lipinski definition) is 3. The highest BCUT2D eigenvalue weighted by molar-refractivity contribution is 5.96. The number of hydrogen-bond donors (Lipinski definition) is 1. The number of ether oxygens (including phenoxy) is 1. The van der Waals surface area contributed by atoms with Crippen LogP contribution in [0.2, 0.25) is 0 Å². The van der Waals surface area contributed by atoms with Gasteiger partial charge < -0.3 is 15.0 Å². The summed E-state index contributed by atoms with van der Waals surface area (Å²) >= 11 is 0. The van der Waals surface area contributed by atoms with Crippen molar-refractivity contribution in [1.82, 2.24) is 10.2 Å². The maximum atomic E-state index is 12.0. The molecule has 1 rings (SSSR count). The Morgan fingerprint density at radius 3 is 2.53 bits per heavy atom. The highest BCUT2D eigenvalue weighted by atomic mass is 19.3. The van der Waals surface area contributed by atoms with Gasteiger partial charge in [-0.3, -0.25) is 9.59 Å². The van der Waals surface area contributed by atoms with E-state index in [0.29, 0.717) is 0 Å². The third-order valence-electron chi connectivity index (χ3n) is 2.97. The quantitative estimate of drug-likeness (QED) is 0.725. The Morgan fingerprint density at radius 1 is 1.37 bits per heavy atom. The van der Waals surface area contributed by atoms with Crippen LogP contribution in [0, 0.1) is 5.92 Å². The largest absolute Gasteiger partial charge is 0.374 e.